The van der Waals surface area contributed by atoms with Gasteiger partial charge in [0, 0.05) is 11.3 Å². The van der Waals surface area contributed by atoms with Crippen LogP contribution in [-0.2, 0) is 0 Å². The standard InChI is InChI=1S/C16H15N3O2/c1-10(17)18-12-6-7-15-14(9-12)19-16(21-15)11-4-3-5-13(8-11)20-2/h3-9H,1-2H3,(H2,17,18). The van der Waals surface area contributed by atoms with Gasteiger partial charge >= 0.3 is 0 Å². The van der Waals surface area contributed by atoms with E-state index in [-0.39, 0.29) is 0 Å². The Bertz CT molecular complexity index is 808. The van der Waals surface area contributed by atoms with Gasteiger partial charge in [0.05, 0.1) is 12.9 Å². The van der Waals surface area contributed by atoms with E-state index in [9.17, 15) is 0 Å². The average molecular weight is 281 g/mol. The first-order valence-electron chi connectivity index (χ1n) is 6.53. The molecule has 0 atom stereocenters. The predicted molar refractivity (Wildman–Crippen MR) is 83.0 cm³/mol. The minimum absolute atomic E-state index is 0.380. The maximum atomic E-state index is 7.46. The van der Waals surface area contributed by atoms with Crippen LogP contribution >= 0.6 is 0 Å². The summed E-state index contributed by atoms with van der Waals surface area (Å²) < 4.78 is 11.0. The van der Waals surface area contributed by atoms with Crippen LogP contribution in [0.3, 0.4) is 0 Å². The molecule has 5 heteroatoms. The van der Waals surface area contributed by atoms with Gasteiger partial charge in [-0.15, -0.1) is 0 Å². The zero-order valence-electron chi connectivity index (χ0n) is 11.8. The lowest BCUT2D eigenvalue weighted by Gasteiger charge is -2.01. The first-order chi connectivity index (χ1) is 10.2. The smallest absolute Gasteiger partial charge is 0.227 e. The zero-order chi connectivity index (χ0) is 14.8. The largest absolute Gasteiger partial charge is 0.497 e. The lowest BCUT2D eigenvalue weighted by atomic mass is 10.2. The van der Waals surface area contributed by atoms with Crippen LogP contribution in [0.4, 0.5) is 5.69 Å². The molecular formula is C16H15N3O2. The van der Waals surface area contributed by atoms with Crippen molar-refractivity contribution in [3.63, 3.8) is 0 Å². The molecule has 3 aromatic rings. The Labute approximate surface area is 122 Å². The Balaban J connectivity index is 2.02. The van der Waals surface area contributed by atoms with Crippen molar-refractivity contribution in [1.29, 1.82) is 5.41 Å². The number of oxazole rings is 1. The molecular weight excluding hydrogens is 266 g/mol. The highest BCUT2D eigenvalue weighted by Gasteiger charge is 2.09. The van der Waals surface area contributed by atoms with Crippen LogP contribution in [0.15, 0.2) is 46.9 Å². The minimum atomic E-state index is 0.380. The van der Waals surface area contributed by atoms with Gasteiger partial charge in [0.25, 0.3) is 0 Å². The van der Waals surface area contributed by atoms with Gasteiger partial charge in [-0.25, -0.2) is 4.98 Å². The number of ether oxygens (including phenoxy) is 1. The molecule has 0 fully saturated rings. The van der Waals surface area contributed by atoms with Crippen LogP contribution in [0, 0.1) is 5.41 Å². The van der Waals surface area contributed by atoms with E-state index in [1.54, 1.807) is 14.0 Å². The summed E-state index contributed by atoms with van der Waals surface area (Å²) in [7, 11) is 1.63. The SMILES string of the molecule is COc1cccc(-c2nc3cc(NC(C)=N)ccc3o2)c1. The van der Waals surface area contributed by atoms with E-state index >= 15 is 0 Å². The summed E-state index contributed by atoms with van der Waals surface area (Å²) in [6.07, 6.45) is 0. The molecule has 0 spiro atoms. The Morgan fingerprint density at radius 1 is 1.24 bits per heavy atom. The third kappa shape index (κ3) is 2.72. The summed E-state index contributed by atoms with van der Waals surface area (Å²) >= 11 is 0. The highest BCUT2D eigenvalue weighted by atomic mass is 16.5. The molecule has 0 saturated carbocycles. The van der Waals surface area contributed by atoms with Crippen molar-refractivity contribution in [3.8, 4) is 17.2 Å². The normalized spacial score (nSPS) is 10.6. The molecule has 1 heterocycles. The van der Waals surface area contributed by atoms with E-state index in [1.165, 1.54) is 0 Å². The third-order valence-corrected chi connectivity index (χ3v) is 3.04. The molecule has 0 amide bonds. The molecule has 21 heavy (non-hydrogen) atoms. The first kappa shape index (κ1) is 13.2. The molecule has 1 aromatic heterocycles. The van der Waals surface area contributed by atoms with Crippen molar-refractivity contribution in [3.05, 3.63) is 42.5 Å². The number of aromatic nitrogens is 1. The van der Waals surface area contributed by atoms with Crippen LogP contribution in [0.1, 0.15) is 6.92 Å². The van der Waals surface area contributed by atoms with Crippen LogP contribution in [0.2, 0.25) is 0 Å². The maximum Gasteiger partial charge on any atom is 0.227 e. The maximum absolute atomic E-state index is 7.46. The number of hydrogen-bond acceptors (Lipinski definition) is 4. The van der Waals surface area contributed by atoms with E-state index in [4.69, 9.17) is 14.6 Å². The van der Waals surface area contributed by atoms with Gasteiger partial charge < -0.3 is 14.5 Å². The number of nitrogens with zero attached hydrogens (tertiary/aromatic N) is 1. The Morgan fingerprint density at radius 3 is 2.86 bits per heavy atom. The number of anilines is 1. The van der Waals surface area contributed by atoms with E-state index < -0.39 is 0 Å². The molecule has 2 N–H and O–H groups in total. The first-order valence-corrected chi connectivity index (χ1v) is 6.53. The number of amidine groups is 1. The molecule has 0 unspecified atom stereocenters. The minimum Gasteiger partial charge on any atom is -0.497 e. The van der Waals surface area contributed by atoms with Gasteiger partial charge in [0.2, 0.25) is 5.89 Å². The third-order valence-electron chi connectivity index (χ3n) is 3.04. The fourth-order valence-corrected chi connectivity index (χ4v) is 2.10. The Hall–Kier alpha value is -2.82. The average Bonchev–Trinajstić information content (AvgIpc) is 2.90. The molecule has 3 rings (SSSR count). The molecule has 0 bridgehead atoms. The van der Waals surface area contributed by atoms with Crippen LogP contribution < -0.4 is 10.1 Å². The summed E-state index contributed by atoms with van der Waals surface area (Å²) in [4.78, 5) is 4.49. The van der Waals surface area contributed by atoms with Crippen molar-refractivity contribution in [2.45, 2.75) is 6.92 Å². The number of rotatable bonds is 3. The number of methoxy groups -OCH3 is 1. The molecule has 0 aliphatic heterocycles. The molecule has 0 aliphatic carbocycles. The van der Waals surface area contributed by atoms with Gasteiger partial charge in [-0.2, -0.15) is 0 Å². The van der Waals surface area contributed by atoms with Crippen molar-refractivity contribution in [2.75, 3.05) is 12.4 Å². The van der Waals surface area contributed by atoms with E-state index in [1.807, 2.05) is 42.5 Å². The molecule has 2 aromatic carbocycles. The number of nitrogens with one attached hydrogen (secondary N) is 2. The van der Waals surface area contributed by atoms with E-state index in [0.29, 0.717) is 17.3 Å². The molecule has 0 aliphatic rings. The van der Waals surface area contributed by atoms with Crippen molar-refractivity contribution in [1.82, 2.24) is 4.98 Å². The molecule has 0 radical (unpaired) electrons. The lowest BCUT2D eigenvalue weighted by molar-refractivity contribution is 0.415. The highest BCUT2D eigenvalue weighted by Crippen LogP contribution is 2.28. The van der Waals surface area contributed by atoms with E-state index in [2.05, 4.69) is 10.3 Å². The van der Waals surface area contributed by atoms with Crippen LogP contribution in [-0.4, -0.2) is 17.9 Å². The lowest BCUT2D eigenvalue weighted by Crippen LogP contribution is -2.04. The quantitative estimate of drug-likeness (QED) is 0.564. The topological polar surface area (TPSA) is 71.1 Å². The molecule has 0 saturated heterocycles. The second-order valence-electron chi connectivity index (χ2n) is 4.68. The summed E-state index contributed by atoms with van der Waals surface area (Å²) in [6.45, 7) is 1.69. The van der Waals surface area contributed by atoms with Crippen molar-refractivity contribution >= 4 is 22.6 Å². The molecule has 106 valence electrons. The zero-order valence-corrected chi connectivity index (χ0v) is 11.8. The van der Waals surface area contributed by atoms with Crippen LogP contribution in [0.5, 0.6) is 5.75 Å². The van der Waals surface area contributed by atoms with Crippen LogP contribution in [0.25, 0.3) is 22.6 Å². The fraction of sp³-hybridized carbons (Fsp3) is 0.125. The number of fused-ring (bicyclic) bond motifs is 1. The van der Waals surface area contributed by atoms with Crippen molar-refractivity contribution in [2.24, 2.45) is 0 Å². The monoisotopic (exact) mass is 281 g/mol. The summed E-state index contributed by atoms with van der Waals surface area (Å²) in [5, 5.41) is 10.4. The summed E-state index contributed by atoms with van der Waals surface area (Å²) in [5.74, 6) is 1.69. The Kier molecular flexibility index (Phi) is 3.31. The van der Waals surface area contributed by atoms with E-state index in [0.717, 1.165) is 22.5 Å². The van der Waals surface area contributed by atoms with Gasteiger partial charge in [0.1, 0.15) is 11.3 Å². The van der Waals surface area contributed by atoms with Gasteiger partial charge in [-0.1, -0.05) is 6.07 Å². The van der Waals surface area contributed by atoms with Gasteiger partial charge in [0.15, 0.2) is 5.58 Å². The highest BCUT2D eigenvalue weighted by molar-refractivity contribution is 5.93. The molecule has 5 nitrogen and oxygen atoms in total. The van der Waals surface area contributed by atoms with Gasteiger partial charge in [-0.05, 0) is 43.3 Å². The van der Waals surface area contributed by atoms with Crippen molar-refractivity contribution < 1.29 is 9.15 Å². The second kappa shape index (κ2) is 5.28. The number of benzene rings is 2. The Morgan fingerprint density at radius 2 is 2.10 bits per heavy atom. The predicted octanol–water partition coefficient (Wildman–Crippen LogP) is 3.91. The fourth-order valence-electron chi connectivity index (χ4n) is 2.10. The number of hydrogen-bond donors (Lipinski definition) is 2. The summed E-state index contributed by atoms with van der Waals surface area (Å²) in [5.41, 5.74) is 3.14. The summed E-state index contributed by atoms with van der Waals surface area (Å²) in [6, 6.07) is 13.1. The van der Waals surface area contributed by atoms with Gasteiger partial charge in [-0.3, -0.25) is 5.41 Å². The second-order valence-corrected chi connectivity index (χ2v) is 4.68.